The van der Waals surface area contributed by atoms with Gasteiger partial charge in [0.05, 0.1) is 12.7 Å². The van der Waals surface area contributed by atoms with Crippen molar-refractivity contribution in [3.05, 3.63) is 63.9 Å². The minimum absolute atomic E-state index is 0.189. The molecule has 1 N–H and O–H groups in total. The molecule has 0 radical (unpaired) electrons. The van der Waals surface area contributed by atoms with Crippen molar-refractivity contribution in [2.24, 2.45) is 0 Å². The van der Waals surface area contributed by atoms with Gasteiger partial charge in [-0.3, -0.25) is 4.98 Å². The van der Waals surface area contributed by atoms with Crippen molar-refractivity contribution in [1.82, 2.24) is 4.98 Å². The number of hydrogen-bond donors (Lipinski definition) is 1. The van der Waals surface area contributed by atoms with E-state index in [9.17, 15) is 13.9 Å². The van der Waals surface area contributed by atoms with Crippen molar-refractivity contribution in [1.29, 1.82) is 0 Å². The minimum atomic E-state index is -3.92. The first-order valence-corrected chi connectivity index (χ1v) is 7.83. The van der Waals surface area contributed by atoms with Crippen molar-refractivity contribution in [3.63, 3.8) is 0 Å². The van der Waals surface area contributed by atoms with Crippen LogP contribution in [0.15, 0.2) is 41.0 Å². The number of ether oxygens (including phenoxy) is 1. The Morgan fingerprint density at radius 1 is 1.25 bits per heavy atom. The summed E-state index contributed by atoms with van der Waals surface area (Å²) in [5.41, 5.74) is -4.35. The fourth-order valence-electron chi connectivity index (χ4n) is 2.52. The van der Waals surface area contributed by atoms with Gasteiger partial charge in [0.1, 0.15) is 17.3 Å². The van der Waals surface area contributed by atoms with E-state index < -0.39 is 46.9 Å². The molecule has 1 aromatic carbocycles. The number of hydrogen-bond acceptors (Lipinski definition) is 3. The largest absolute Gasteiger partial charge is 0.378 e. The fourth-order valence-corrected chi connectivity index (χ4v) is 2.76. The number of epoxide rings is 1. The van der Waals surface area contributed by atoms with Gasteiger partial charge in [-0.2, -0.15) is 8.78 Å². The van der Waals surface area contributed by atoms with Crippen molar-refractivity contribution < 1.29 is 27.4 Å². The lowest BCUT2D eigenvalue weighted by atomic mass is 9.81. The summed E-state index contributed by atoms with van der Waals surface area (Å²) in [5.74, 6) is -6.10. The van der Waals surface area contributed by atoms with E-state index in [1.165, 1.54) is 6.07 Å². The summed E-state index contributed by atoms with van der Waals surface area (Å²) in [6, 6.07) is 4.47. The smallest absolute Gasteiger partial charge is 0.321 e. The third kappa shape index (κ3) is 3.05. The van der Waals surface area contributed by atoms with Gasteiger partial charge in [-0.1, -0.05) is 6.07 Å². The average Bonchev–Trinajstić information content (AvgIpc) is 3.31. The van der Waals surface area contributed by atoms with Gasteiger partial charge < -0.3 is 9.84 Å². The Morgan fingerprint density at radius 2 is 1.96 bits per heavy atom. The Morgan fingerprint density at radius 3 is 2.50 bits per heavy atom. The second-order valence-corrected chi connectivity index (χ2v) is 6.50. The van der Waals surface area contributed by atoms with Crippen LogP contribution in [0.2, 0.25) is 0 Å². The number of aliphatic hydroxyl groups is 1. The number of rotatable bonds is 5. The highest BCUT2D eigenvalue weighted by atomic mass is 79.9. The van der Waals surface area contributed by atoms with E-state index in [0.717, 1.165) is 24.4 Å². The molecular weight excluding hydrogens is 394 g/mol. The van der Waals surface area contributed by atoms with Gasteiger partial charge in [0.2, 0.25) is 0 Å². The van der Waals surface area contributed by atoms with Crippen LogP contribution in [0.1, 0.15) is 17.7 Å². The summed E-state index contributed by atoms with van der Waals surface area (Å²) in [6.07, 6.45) is -0.0146. The average molecular weight is 406 g/mol. The molecule has 3 rings (SSSR count). The molecule has 24 heavy (non-hydrogen) atoms. The second kappa shape index (κ2) is 6.09. The summed E-state index contributed by atoms with van der Waals surface area (Å²) >= 11 is 3.09. The van der Waals surface area contributed by atoms with Gasteiger partial charge in [-0.05, 0) is 34.1 Å². The SMILES string of the molecule is OC(CC1CO1)(c1ccc(F)cc1F)C(F)(F)c1ccc(Br)cn1. The van der Waals surface area contributed by atoms with Crippen LogP contribution in [0.4, 0.5) is 17.6 Å². The molecule has 8 heteroatoms. The summed E-state index contributed by atoms with van der Waals surface area (Å²) in [5, 5.41) is 10.8. The number of aromatic nitrogens is 1. The van der Waals surface area contributed by atoms with Crippen LogP contribution in [0.5, 0.6) is 0 Å². The Balaban J connectivity index is 2.11. The molecule has 0 spiro atoms. The van der Waals surface area contributed by atoms with Crippen molar-refractivity contribution in [2.75, 3.05) is 6.61 Å². The predicted molar refractivity (Wildman–Crippen MR) is 80.4 cm³/mol. The zero-order chi connectivity index (χ0) is 17.5. The van der Waals surface area contributed by atoms with E-state index in [0.29, 0.717) is 10.5 Å². The van der Waals surface area contributed by atoms with E-state index in [1.54, 1.807) is 0 Å². The van der Waals surface area contributed by atoms with Gasteiger partial charge in [0.25, 0.3) is 0 Å². The Labute approximate surface area is 143 Å². The van der Waals surface area contributed by atoms with Crippen LogP contribution in [0, 0.1) is 11.6 Å². The standard InChI is InChI=1S/C16H12BrF4NO2/c17-9-1-4-14(22-7-9)16(20,21)15(23,6-11-8-24-11)12-3-2-10(18)5-13(12)19/h1-5,7,11,23H,6,8H2. The highest BCUT2D eigenvalue weighted by Gasteiger charge is 2.59. The maximum absolute atomic E-state index is 15.0. The lowest BCUT2D eigenvalue weighted by Crippen LogP contribution is -2.45. The van der Waals surface area contributed by atoms with Crippen molar-refractivity contribution in [2.45, 2.75) is 24.0 Å². The topological polar surface area (TPSA) is 45.6 Å². The Hall–Kier alpha value is -1.51. The molecule has 2 atom stereocenters. The van der Waals surface area contributed by atoms with E-state index in [2.05, 4.69) is 20.9 Å². The molecule has 1 aromatic heterocycles. The fraction of sp³-hybridized carbons (Fsp3) is 0.312. The molecule has 3 nitrogen and oxygen atoms in total. The third-order valence-corrected chi connectivity index (χ3v) is 4.34. The monoisotopic (exact) mass is 405 g/mol. The van der Waals surface area contributed by atoms with E-state index in [4.69, 9.17) is 4.74 Å². The first-order chi connectivity index (χ1) is 11.2. The first-order valence-electron chi connectivity index (χ1n) is 7.03. The maximum atomic E-state index is 15.0. The quantitative estimate of drug-likeness (QED) is 0.606. The second-order valence-electron chi connectivity index (χ2n) is 5.58. The number of halogens is 5. The Kier molecular flexibility index (Phi) is 4.39. The van der Waals surface area contributed by atoms with Crippen LogP contribution in [-0.2, 0) is 16.3 Å². The van der Waals surface area contributed by atoms with Gasteiger partial charge >= 0.3 is 5.92 Å². The minimum Gasteiger partial charge on any atom is -0.378 e. The highest BCUT2D eigenvalue weighted by molar-refractivity contribution is 9.10. The molecule has 2 aromatic rings. The molecular formula is C16H12BrF4NO2. The van der Waals surface area contributed by atoms with Crippen LogP contribution < -0.4 is 0 Å². The lowest BCUT2D eigenvalue weighted by Gasteiger charge is -2.36. The lowest BCUT2D eigenvalue weighted by molar-refractivity contribution is -0.204. The highest BCUT2D eigenvalue weighted by Crippen LogP contribution is 2.49. The van der Waals surface area contributed by atoms with Crippen LogP contribution in [0.25, 0.3) is 0 Å². The number of nitrogens with zero attached hydrogens (tertiary/aromatic N) is 1. The van der Waals surface area contributed by atoms with Crippen molar-refractivity contribution >= 4 is 15.9 Å². The summed E-state index contributed by atoms with van der Waals surface area (Å²) in [7, 11) is 0. The third-order valence-electron chi connectivity index (χ3n) is 3.87. The summed E-state index contributed by atoms with van der Waals surface area (Å²) < 4.78 is 62.7. The predicted octanol–water partition coefficient (Wildman–Crippen LogP) is 3.89. The molecule has 0 bridgehead atoms. The molecule has 0 amide bonds. The molecule has 0 saturated carbocycles. The molecule has 1 fully saturated rings. The Bertz CT molecular complexity index is 752. The van der Waals surface area contributed by atoms with Crippen LogP contribution in [-0.4, -0.2) is 22.8 Å². The number of pyridine rings is 1. The number of benzene rings is 1. The molecule has 1 aliphatic rings. The molecule has 2 heterocycles. The zero-order valence-electron chi connectivity index (χ0n) is 12.1. The van der Waals surface area contributed by atoms with Crippen molar-refractivity contribution in [3.8, 4) is 0 Å². The van der Waals surface area contributed by atoms with E-state index in [-0.39, 0.29) is 6.61 Å². The van der Waals surface area contributed by atoms with Gasteiger partial charge in [0, 0.05) is 28.7 Å². The molecule has 1 aliphatic heterocycles. The van der Waals surface area contributed by atoms with E-state index in [1.807, 2.05) is 0 Å². The first kappa shape index (κ1) is 17.3. The normalized spacial score (nSPS) is 19.8. The molecule has 0 aliphatic carbocycles. The summed E-state index contributed by atoms with van der Waals surface area (Å²) in [4.78, 5) is 3.62. The number of alkyl halides is 2. The zero-order valence-corrected chi connectivity index (χ0v) is 13.7. The van der Waals surface area contributed by atoms with Crippen LogP contribution in [0.3, 0.4) is 0 Å². The molecule has 2 unspecified atom stereocenters. The van der Waals surface area contributed by atoms with E-state index >= 15 is 8.78 Å². The van der Waals surface area contributed by atoms with Gasteiger partial charge in [-0.25, -0.2) is 8.78 Å². The molecule has 1 saturated heterocycles. The molecule has 128 valence electrons. The summed E-state index contributed by atoms with van der Waals surface area (Å²) in [6.45, 7) is 0.189. The van der Waals surface area contributed by atoms with Crippen LogP contribution >= 0.6 is 15.9 Å². The van der Waals surface area contributed by atoms with Gasteiger partial charge in [0.15, 0.2) is 5.60 Å². The van der Waals surface area contributed by atoms with Gasteiger partial charge in [-0.15, -0.1) is 0 Å². The maximum Gasteiger partial charge on any atom is 0.321 e.